The summed E-state index contributed by atoms with van der Waals surface area (Å²) < 4.78 is 6.43. The van der Waals surface area contributed by atoms with Crippen molar-refractivity contribution in [2.75, 3.05) is 16.8 Å². The molecular formula is C22H24N8O8S2. The highest BCUT2D eigenvalue weighted by molar-refractivity contribution is 8.01. The molecule has 2 aliphatic rings. The number of aryl methyl sites for hydroxylation is 1. The van der Waals surface area contributed by atoms with E-state index < -0.39 is 47.3 Å². The Hall–Kier alpha value is -4.16. The van der Waals surface area contributed by atoms with Crippen molar-refractivity contribution in [2.24, 2.45) is 12.8 Å². The number of fused-ring (bicyclic) bond motifs is 1. The van der Waals surface area contributed by atoms with E-state index in [9.17, 15) is 29.1 Å². The first-order valence-electron chi connectivity index (χ1n) is 11.6. The molecule has 0 unspecified atom stereocenters. The van der Waals surface area contributed by atoms with Crippen LogP contribution in [0.15, 0.2) is 40.9 Å². The molecule has 1 fully saturated rings. The standard InChI is InChI=1S/C22H24N8O8S2/c1-29-21(26-27-28-29)40-9-11-8-39-19-16(17(33)30(19)18(11)38-22(36)37)25-14(31)6-10-2-4-12(5-3-10)24-15(32)7-13(23)20(34)35/h2-5,13,16,19H,6-9,23H2,1H3,(H,24,32)(H,25,31)(H,34,35)(H,36,37)/t13-,16-,19+/m1/s1. The summed E-state index contributed by atoms with van der Waals surface area (Å²) in [6.45, 7) is 0. The van der Waals surface area contributed by atoms with Gasteiger partial charge in [0, 0.05) is 29.8 Å². The molecule has 0 spiro atoms. The fraction of sp³-hybridized carbons (Fsp3) is 0.364. The second-order valence-electron chi connectivity index (χ2n) is 8.68. The highest BCUT2D eigenvalue weighted by atomic mass is 32.2. The van der Waals surface area contributed by atoms with E-state index >= 15 is 0 Å². The van der Waals surface area contributed by atoms with Crippen LogP contribution in [0.2, 0.25) is 0 Å². The lowest BCUT2D eigenvalue weighted by atomic mass is 10.1. The summed E-state index contributed by atoms with van der Waals surface area (Å²) in [7, 11) is 1.66. The molecule has 4 rings (SSSR count). The SMILES string of the molecule is Cn1nnnc1SCC1=C(OC(=O)O)N2C(=O)[C@@H](NC(=O)Cc3ccc(NC(=O)C[C@@H](N)C(=O)O)cc3)[C@@H]2SC1. The zero-order valence-electron chi connectivity index (χ0n) is 20.8. The van der Waals surface area contributed by atoms with Crippen molar-refractivity contribution in [1.29, 1.82) is 0 Å². The third-order valence-electron chi connectivity index (χ3n) is 5.77. The number of aliphatic carboxylic acids is 1. The van der Waals surface area contributed by atoms with Crippen molar-refractivity contribution in [1.82, 2.24) is 30.4 Å². The van der Waals surface area contributed by atoms with Crippen LogP contribution in [0.5, 0.6) is 0 Å². The maximum atomic E-state index is 12.9. The minimum absolute atomic E-state index is 0.0543. The van der Waals surface area contributed by atoms with Gasteiger partial charge in [0.25, 0.3) is 5.91 Å². The number of hydrogen-bond acceptors (Lipinski definition) is 12. The van der Waals surface area contributed by atoms with Gasteiger partial charge in [0.1, 0.15) is 17.5 Å². The molecule has 16 nitrogen and oxygen atoms in total. The molecule has 40 heavy (non-hydrogen) atoms. The van der Waals surface area contributed by atoms with Crippen LogP contribution in [0.1, 0.15) is 12.0 Å². The largest absolute Gasteiger partial charge is 0.512 e. The summed E-state index contributed by atoms with van der Waals surface area (Å²) >= 11 is 2.63. The van der Waals surface area contributed by atoms with Crippen LogP contribution in [-0.4, -0.2) is 94.1 Å². The number of hydrogen-bond donors (Lipinski definition) is 5. The Morgan fingerprint density at radius 1 is 1.23 bits per heavy atom. The van der Waals surface area contributed by atoms with E-state index in [1.54, 1.807) is 31.3 Å². The lowest BCUT2D eigenvalue weighted by molar-refractivity contribution is -0.149. The second kappa shape index (κ2) is 12.3. The average molecular weight is 593 g/mol. The highest BCUT2D eigenvalue weighted by Crippen LogP contribution is 2.41. The summed E-state index contributed by atoms with van der Waals surface area (Å²) in [4.78, 5) is 60.9. The Labute approximate surface area is 234 Å². The van der Waals surface area contributed by atoms with Gasteiger partial charge in [-0.3, -0.25) is 24.1 Å². The number of nitrogens with two attached hydrogens (primary N) is 1. The van der Waals surface area contributed by atoms with Crippen molar-refractivity contribution >= 4 is 59.1 Å². The lowest BCUT2D eigenvalue weighted by Gasteiger charge is -2.49. The smallest absolute Gasteiger partial charge is 0.480 e. The fourth-order valence-electron chi connectivity index (χ4n) is 3.82. The number of nitrogens with one attached hydrogen (secondary N) is 2. The first kappa shape index (κ1) is 28.8. The minimum Gasteiger partial charge on any atom is -0.480 e. The number of tetrazole rings is 1. The molecular weight excluding hydrogens is 568 g/mol. The van der Waals surface area contributed by atoms with Crippen LogP contribution in [0, 0.1) is 0 Å². The molecule has 18 heteroatoms. The number of carboxylic acid groups (broad SMARTS) is 2. The van der Waals surface area contributed by atoms with Gasteiger partial charge in [0.15, 0.2) is 0 Å². The maximum Gasteiger partial charge on any atom is 0.512 e. The summed E-state index contributed by atoms with van der Waals surface area (Å²) in [6, 6.07) is 4.14. The fourth-order valence-corrected chi connectivity index (χ4v) is 6.12. The number of thioether (sulfide) groups is 2. The first-order chi connectivity index (χ1) is 19.0. The number of aromatic nitrogens is 4. The van der Waals surface area contributed by atoms with E-state index in [1.807, 2.05) is 0 Å². The second-order valence-corrected chi connectivity index (χ2v) is 10.7. The van der Waals surface area contributed by atoms with Gasteiger partial charge < -0.3 is 31.3 Å². The Bertz CT molecular complexity index is 1360. The van der Waals surface area contributed by atoms with Crippen LogP contribution in [-0.2, 0) is 37.4 Å². The molecule has 2 aromatic rings. The number of carboxylic acids is 1. The van der Waals surface area contributed by atoms with E-state index in [1.165, 1.54) is 33.1 Å². The topological polar surface area (TPSA) is 232 Å². The zero-order valence-corrected chi connectivity index (χ0v) is 22.5. The first-order valence-corrected chi connectivity index (χ1v) is 13.7. The lowest BCUT2D eigenvalue weighted by Crippen LogP contribution is -2.70. The monoisotopic (exact) mass is 592 g/mol. The molecule has 3 amide bonds. The maximum absolute atomic E-state index is 12.9. The van der Waals surface area contributed by atoms with Crippen molar-refractivity contribution < 1.29 is 38.9 Å². The van der Waals surface area contributed by atoms with Crippen LogP contribution in [0.4, 0.5) is 10.5 Å². The number of benzene rings is 1. The minimum atomic E-state index is -1.56. The number of amides is 3. The number of carbonyl (C=O) groups excluding carboxylic acids is 3. The van der Waals surface area contributed by atoms with E-state index in [2.05, 4.69) is 26.2 Å². The Kier molecular flexibility index (Phi) is 8.90. The number of carbonyl (C=O) groups is 5. The Balaban J connectivity index is 1.33. The molecule has 3 atom stereocenters. The van der Waals surface area contributed by atoms with Gasteiger partial charge in [-0.2, -0.15) is 0 Å². The summed E-state index contributed by atoms with van der Waals surface area (Å²) in [5.74, 6) is -2.19. The Morgan fingerprint density at radius 3 is 2.58 bits per heavy atom. The highest BCUT2D eigenvalue weighted by Gasteiger charge is 2.54. The van der Waals surface area contributed by atoms with Gasteiger partial charge in [0.05, 0.1) is 12.8 Å². The molecule has 3 heterocycles. The predicted molar refractivity (Wildman–Crippen MR) is 140 cm³/mol. The van der Waals surface area contributed by atoms with Crippen molar-refractivity contribution in [2.45, 2.75) is 35.5 Å². The molecule has 0 radical (unpaired) electrons. The molecule has 0 aliphatic carbocycles. The molecule has 0 saturated carbocycles. The van der Waals surface area contributed by atoms with Crippen molar-refractivity contribution in [3.8, 4) is 0 Å². The van der Waals surface area contributed by atoms with Gasteiger partial charge in [-0.1, -0.05) is 23.9 Å². The normalized spacial score (nSPS) is 18.9. The van der Waals surface area contributed by atoms with E-state index in [4.69, 9.17) is 15.6 Å². The zero-order chi connectivity index (χ0) is 29.0. The molecule has 0 bridgehead atoms. The number of nitrogens with zero attached hydrogens (tertiary/aromatic N) is 5. The predicted octanol–water partition coefficient (Wildman–Crippen LogP) is -0.408. The van der Waals surface area contributed by atoms with Crippen LogP contribution in [0.3, 0.4) is 0 Å². The van der Waals surface area contributed by atoms with Crippen LogP contribution in [0.25, 0.3) is 0 Å². The van der Waals surface area contributed by atoms with E-state index in [0.717, 1.165) is 0 Å². The van der Waals surface area contributed by atoms with Gasteiger partial charge in [0.2, 0.25) is 22.9 Å². The summed E-state index contributed by atoms with van der Waals surface area (Å²) in [6.07, 6.45) is -2.01. The van der Waals surface area contributed by atoms with Gasteiger partial charge in [-0.25, -0.2) is 9.48 Å². The van der Waals surface area contributed by atoms with Gasteiger partial charge in [-0.05, 0) is 28.1 Å². The molecule has 1 aromatic heterocycles. The number of rotatable bonds is 11. The van der Waals surface area contributed by atoms with Crippen molar-refractivity contribution in [3.63, 3.8) is 0 Å². The molecule has 212 valence electrons. The van der Waals surface area contributed by atoms with E-state index in [0.29, 0.717) is 33.5 Å². The number of anilines is 1. The van der Waals surface area contributed by atoms with Crippen LogP contribution >= 0.6 is 23.5 Å². The van der Waals surface area contributed by atoms with Gasteiger partial charge >= 0.3 is 12.1 Å². The van der Waals surface area contributed by atoms with E-state index in [-0.39, 0.29) is 18.7 Å². The summed E-state index contributed by atoms with van der Waals surface area (Å²) in [5.41, 5.74) is 6.93. The molecule has 1 saturated heterocycles. The summed E-state index contributed by atoms with van der Waals surface area (Å²) in [5, 5.41) is 34.4. The molecule has 2 aliphatic heterocycles. The third kappa shape index (κ3) is 6.69. The quantitative estimate of drug-likeness (QED) is 0.127. The van der Waals surface area contributed by atoms with Crippen molar-refractivity contribution in [3.05, 3.63) is 41.3 Å². The van der Waals surface area contributed by atoms with Gasteiger partial charge in [-0.15, -0.1) is 16.9 Å². The Morgan fingerprint density at radius 2 is 1.95 bits per heavy atom. The molecule has 6 N–H and O–H groups in total. The number of ether oxygens (including phenoxy) is 1. The average Bonchev–Trinajstić information content (AvgIpc) is 3.31. The molecule has 1 aromatic carbocycles. The number of β-lactam (4-membered cyclic amide) rings is 1. The third-order valence-corrected chi connectivity index (χ3v) is 8.21. The van der Waals surface area contributed by atoms with Crippen LogP contribution < -0.4 is 16.4 Å².